The zero-order valence-corrected chi connectivity index (χ0v) is 13.3. The van der Waals surface area contributed by atoms with Gasteiger partial charge < -0.3 is 0 Å². The van der Waals surface area contributed by atoms with Gasteiger partial charge in [0.1, 0.15) is 0 Å². The van der Waals surface area contributed by atoms with Gasteiger partial charge in [-0.05, 0) is 29.7 Å². The average Bonchev–Trinajstić information content (AvgIpc) is 2.98. The van der Waals surface area contributed by atoms with E-state index >= 15 is 0 Å². The molecule has 0 saturated heterocycles. The van der Waals surface area contributed by atoms with E-state index < -0.39 is 10.1 Å². The molecule has 5 heteroatoms. The van der Waals surface area contributed by atoms with Gasteiger partial charge in [0.25, 0.3) is 10.1 Å². The summed E-state index contributed by atoms with van der Waals surface area (Å²) in [5.41, 5.74) is 2.37. The van der Waals surface area contributed by atoms with Crippen molar-refractivity contribution in [3.63, 3.8) is 0 Å². The quantitative estimate of drug-likeness (QED) is 0.635. The molecule has 2 aromatic rings. The lowest BCUT2D eigenvalue weighted by atomic mass is 9.90. The van der Waals surface area contributed by atoms with E-state index in [4.69, 9.17) is 15.8 Å². The summed E-state index contributed by atoms with van der Waals surface area (Å²) < 4.78 is 30.4. The third kappa shape index (κ3) is 2.09. The third-order valence-electron chi connectivity index (χ3n) is 4.65. The molecule has 2 bridgehead atoms. The molecular formula is C17H15ClO3S. The summed E-state index contributed by atoms with van der Waals surface area (Å²) in [7, 11) is -3.75. The number of halogens is 1. The predicted molar refractivity (Wildman–Crippen MR) is 84.7 cm³/mol. The van der Waals surface area contributed by atoms with Gasteiger partial charge in [-0.1, -0.05) is 42.5 Å². The predicted octanol–water partition coefficient (Wildman–Crippen LogP) is 3.65. The van der Waals surface area contributed by atoms with E-state index in [9.17, 15) is 8.42 Å². The standard InChI is InChI=1S/C17H15ClO3S/c18-17-14-10-15(16(17)13-9-5-4-8-12(13)14)21-22(19,20)11-6-2-1-3-7-11/h1-9,14-17H,10H2/t14-,15+,16+,17-/m1/s1. The second-order valence-corrected chi connectivity index (χ2v) is 7.92. The highest BCUT2D eigenvalue weighted by atomic mass is 35.5. The minimum Gasteiger partial charge on any atom is -0.262 e. The first-order chi connectivity index (χ1) is 10.6. The SMILES string of the molecule is O=S(=O)(O[C@H]1C[C@@H]2c3ccccc3[C@@H]1[C@@H]2Cl)c1ccccc1. The van der Waals surface area contributed by atoms with Crippen LogP contribution in [0.2, 0.25) is 0 Å². The highest BCUT2D eigenvalue weighted by Gasteiger charge is 2.52. The van der Waals surface area contributed by atoms with Gasteiger partial charge in [0.2, 0.25) is 0 Å². The molecule has 0 N–H and O–H groups in total. The lowest BCUT2D eigenvalue weighted by Crippen LogP contribution is -2.24. The summed E-state index contributed by atoms with van der Waals surface area (Å²) >= 11 is 6.54. The van der Waals surface area contributed by atoms with E-state index in [0.29, 0.717) is 6.42 Å². The van der Waals surface area contributed by atoms with E-state index in [1.165, 1.54) is 5.56 Å². The normalized spacial score (nSPS) is 29.5. The second kappa shape index (κ2) is 5.08. The number of alkyl halides is 1. The molecule has 0 aromatic heterocycles. The molecule has 0 unspecified atom stereocenters. The molecular weight excluding hydrogens is 320 g/mol. The van der Waals surface area contributed by atoms with Crippen LogP contribution in [0.3, 0.4) is 0 Å². The van der Waals surface area contributed by atoms with Gasteiger partial charge in [0, 0.05) is 17.2 Å². The van der Waals surface area contributed by atoms with Gasteiger partial charge in [0.15, 0.2) is 0 Å². The van der Waals surface area contributed by atoms with Crippen LogP contribution in [0.15, 0.2) is 59.5 Å². The van der Waals surface area contributed by atoms with Gasteiger partial charge in [0.05, 0.1) is 11.0 Å². The number of benzene rings is 2. The Labute approximate surface area is 135 Å². The number of hydrogen-bond donors (Lipinski definition) is 0. The number of rotatable bonds is 3. The zero-order chi connectivity index (χ0) is 15.3. The minimum atomic E-state index is -3.75. The molecule has 4 atom stereocenters. The van der Waals surface area contributed by atoms with Crippen LogP contribution in [0, 0.1) is 0 Å². The van der Waals surface area contributed by atoms with Gasteiger partial charge >= 0.3 is 0 Å². The van der Waals surface area contributed by atoms with Gasteiger partial charge in [-0.3, -0.25) is 4.18 Å². The van der Waals surface area contributed by atoms with E-state index in [0.717, 1.165) is 5.56 Å². The Morgan fingerprint density at radius 3 is 2.32 bits per heavy atom. The first-order valence-corrected chi connectivity index (χ1v) is 9.13. The Morgan fingerprint density at radius 1 is 0.955 bits per heavy atom. The van der Waals surface area contributed by atoms with Crippen molar-refractivity contribution < 1.29 is 12.6 Å². The summed E-state index contributed by atoms with van der Waals surface area (Å²) in [6.07, 6.45) is 0.273. The van der Waals surface area contributed by atoms with Crippen molar-refractivity contribution >= 4 is 21.7 Å². The van der Waals surface area contributed by atoms with Gasteiger partial charge in [-0.25, -0.2) is 0 Å². The van der Waals surface area contributed by atoms with E-state index in [1.54, 1.807) is 30.3 Å². The Balaban J connectivity index is 1.65. The van der Waals surface area contributed by atoms with Crippen LogP contribution in [0.5, 0.6) is 0 Å². The Bertz CT molecular complexity index is 804. The van der Waals surface area contributed by atoms with Crippen molar-refractivity contribution in [1.29, 1.82) is 0 Å². The molecule has 0 amide bonds. The second-order valence-electron chi connectivity index (χ2n) is 5.84. The number of fused-ring (bicyclic) bond motifs is 5. The first-order valence-electron chi connectivity index (χ1n) is 7.29. The molecule has 2 aliphatic rings. The van der Waals surface area contributed by atoms with Crippen LogP contribution in [-0.2, 0) is 14.3 Å². The molecule has 1 fully saturated rings. The van der Waals surface area contributed by atoms with Crippen molar-refractivity contribution in [2.75, 3.05) is 0 Å². The van der Waals surface area contributed by atoms with E-state index in [2.05, 4.69) is 6.07 Å². The average molecular weight is 335 g/mol. The van der Waals surface area contributed by atoms with Crippen LogP contribution in [0.1, 0.15) is 29.4 Å². The summed E-state index contributed by atoms with van der Waals surface area (Å²) in [6.45, 7) is 0. The van der Waals surface area contributed by atoms with Crippen molar-refractivity contribution in [3.05, 3.63) is 65.7 Å². The summed E-state index contributed by atoms with van der Waals surface area (Å²) in [4.78, 5) is 0.192. The summed E-state index contributed by atoms with van der Waals surface area (Å²) in [5.74, 6) is 0.125. The third-order valence-corrected chi connectivity index (χ3v) is 6.58. The molecule has 22 heavy (non-hydrogen) atoms. The molecule has 4 rings (SSSR count). The van der Waals surface area contributed by atoms with E-state index in [-0.39, 0.29) is 28.2 Å². The van der Waals surface area contributed by atoms with Crippen LogP contribution < -0.4 is 0 Å². The molecule has 0 radical (unpaired) electrons. The van der Waals surface area contributed by atoms with Crippen LogP contribution in [0.25, 0.3) is 0 Å². The lowest BCUT2D eigenvalue weighted by molar-refractivity contribution is 0.192. The molecule has 2 aromatic carbocycles. The summed E-state index contributed by atoms with van der Waals surface area (Å²) in [6, 6.07) is 16.3. The van der Waals surface area contributed by atoms with Crippen molar-refractivity contribution in [1.82, 2.24) is 0 Å². The van der Waals surface area contributed by atoms with Crippen LogP contribution in [0.4, 0.5) is 0 Å². The maximum absolute atomic E-state index is 12.4. The molecule has 2 aliphatic carbocycles. The van der Waals surface area contributed by atoms with Gasteiger partial charge in [-0.15, -0.1) is 11.6 Å². The maximum Gasteiger partial charge on any atom is 0.297 e. The molecule has 3 nitrogen and oxygen atoms in total. The molecule has 0 spiro atoms. The monoisotopic (exact) mass is 334 g/mol. The smallest absolute Gasteiger partial charge is 0.262 e. The fraction of sp³-hybridized carbons (Fsp3) is 0.294. The largest absolute Gasteiger partial charge is 0.297 e. The van der Waals surface area contributed by atoms with Crippen molar-refractivity contribution in [2.24, 2.45) is 0 Å². The fourth-order valence-corrected chi connectivity index (χ4v) is 5.37. The van der Waals surface area contributed by atoms with Gasteiger partial charge in [-0.2, -0.15) is 8.42 Å². The Morgan fingerprint density at radius 2 is 1.59 bits per heavy atom. The topological polar surface area (TPSA) is 43.4 Å². The Kier molecular flexibility index (Phi) is 3.29. The van der Waals surface area contributed by atoms with Crippen LogP contribution >= 0.6 is 11.6 Å². The highest BCUT2D eigenvalue weighted by molar-refractivity contribution is 7.86. The molecule has 1 saturated carbocycles. The lowest BCUT2D eigenvalue weighted by Gasteiger charge is -2.24. The zero-order valence-electron chi connectivity index (χ0n) is 11.7. The molecule has 0 aliphatic heterocycles. The Hall–Kier alpha value is -1.36. The van der Waals surface area contributed by atoms with Crippen LogP contribution in [-0.4, -0.2) is 19.9 Å². The van der Waals surface area contributed by atoms with Crippen molar-refractivity contribution in [2.45, 2.75) is 34.6 Å². The fourth-order valence-electron chi connectivity index (χ4n) is 3.71. The first kappa shape index (κ1) is 14.2. The molecule has 114 valence electrons. The number of hydrogen-bond acceptors (Lipinski definition) is 3. The van der Waals surface area contributed by atoms with Crippen molar-refractivity contribution in [3.8, 4) is 0 Å². The van der Waals surface area contributed by atoms with E-state index in [1.807, 2.05) is 18.2 Å². The highest BCUT2D eigenvalue weighted by Crippen LogP contribution is 2.56. The molecule has 0 heterocycles. The maximum atomic E-state index is 12.4. The summed E-state index contributed by atoms with van der Waals surface area (Å²) in [5, 5.41) is -0.0895. The minimum absolute atomic E-state index is 0.0543.